The topological polar surface area (TPSA) is 6.48 Å². The summed E-state index contributed by atoms with van der Waals surface area (Å²) in [6, 6.07) is 32.4. The first-order chi connectivity index (χ1) is 28.8. The van der Waals surface area contributed by atoms with Gasteiger partial charge in [-0.3, -0.25) is 0 Å². The van der Waals surface area contributed by atoms with Gasteiger partial charge in [-0.05, 0) is 170 Å². The van der Waals surface area contributed by atoms with Crippen LogP contribution in [0.15, 0.2) is 78.9 Å². The molecule has 0 radical (unpaired) electrons. The first kappa shape index (κ1) is 41.7. The van der Waals surface area contributed by atoms with Crippen LogP contribution in [-0.2, 0) is 32.5 Å². The molecule has 0 unspecified atom stereocenters. The van der Waals surface area contributed by atoms with E-state index in [1.54, 1.807) is 5.56 Å². The van der Waals surface area contributed by atoms with Crippen molar-refractivity contribution in [3.05, 3.63) is 123 Å². The Morgan fingerprint density at radius 2 is 1.10 bits per heavy atom. The Hall–Kier alpha value is -4.28. The molecule has 0 atom stereocenters. The number of rotatable bonds is 2. The van der Waals surface area contributed by atoms with Gasteiger partial charge in [-0.1, -0.05) is 133 Å². The smallest absolute Gasteiger partial charge is 0.264 e. The van der Waals surface area contributed by atoms with Gasteiger partial charge >= 0.3 is 0 Å². The summed E-state index contributed by atoms with van der Waals surface area (Å²) in [6.45, 7) is 38.7. The monoisotopic (exact) mass is 837 g/mol. The average Bonchev–Trinajstić information content (AvgIpc) is 3.56. The molecule has 2 aliphatic heterocycles. The van der Waals surface area contributed by atoms with Gasteiger partial charge < -0.3 is 9.80 Å². The fourth-order valence-electron chi connectivity index (χ4n) is 11.9. The zero-order valence-corrected chi connectivity index (χ0v) is 41.5. The fraction of sp³-hybridized carbons (Fsp3) is 0.448. The molecule has 62 heavy (non-hydrogen) atoms. The van der Waals surface area contributed by atoms with Crippen molar-refractivity contribution < 1.29 is 0 Å². The number of anilines is 6. The summed E-state index contributed by atoms with van der Waals surface area (Å²) < 4.78 is 2.83. The molecule has 4 aliphatic rings. The van der Waals surface area contributed by atoms with E-state index in [0.29, 0.717) is 0 Å². The van der Waals surface area contributed by atoms with Crippen LogP contribution in [0.25, 0.3) is 10.1 Å². The van der Waals surface area contributed by atoms with E-state index in [4.69, 9.17) is 0 Å². The van der Waals surface area contributed by atoms with Crippen molar-refractivity contribution in [2.24, 2.45) is 0 Å². The van der Waals surface area contributed by atoms with Crippen LogP contribution >= 0.6 is 11.3 Å². The molecule has 0 N–H and O–H groups in total. The predicted octanol–water partition coefficient (Wildman–Crippen LogP) is 14.9. The second kappa shape index (κ2) is 13.2. The molecule has 0 saturated carbocycles. The van der Waals surface area contributed by atoms with Gasteiger partial charge in [-0.2, -0.15) is 0 Å². The summed E-state index contributed by atoms with van der Waals surface area (Å²) in [7, 11) is 0. The quantitative estimate of drug-likeness (QED) is 0.160. The molecule has 0 fully saturated rings. The third-order valence-corrected chi connectivity index (χ3v) is 17.2. The van der Waals surface area contributed by atoms with Crippen molar-refractivity contribution in [1.82, 2.24) is 0 Å². The van der Waals surface area contributed by atoms with Crippen molar-refractivity contribution in [3.63, 3.8) is 0 Å². The van der Waals surface area contributed by atoms with Crippen LogP contribution in [0.2, 0.25) is 0 Å². The summed E-state index contributed by atoms with van der Waals surface area (Å²) in [5.74, 6) is 0. The zero-order valence-electron chi connectivity index (χ0n) is 40.7. The molecule has 0 spiro atoms. The molecule has 10 rings (SSSR count). The molecule has 2 aliphatic carbocycles. The summed E-state index contributed by atoms with van der Waals surface area (Å²) in [5.41, 5.74) is 22.8. The first-order valence-electron chi connectivity index (χ1n) is 23.6. The number of hydrogen-bond acceptors (Lipinski definition) is 3. The van der Waals surface area contributed by atoms with Gasteiger partial charge in [0.05, 0.1) is 5.69 Å². The Kier molecular flexibility index (Phi) is 8.85. The largest absolute Gasteiger partial charge is 0.311 e. The van der Waals surface area contributed by atoms with Crippen molar-refractivity contribution in [1.29, 1.82) is 0 Å². The number of benzene rings is 5. The van der Waals surface area contributed by atoms with E-state index in [2.05, 4.69) is 199 Å². The molecule has 2 nitrogen and oxygen atoms in total. The number of fused-ring (bicyclic) bond motifs is 9. The molecule has 1 aromatic heterocycles. The maximum Gasteiger partial charge on any atom is 0.264 e. The van der Waals surface area contributed by atoms with Crippen LogP contribution in [0, 0.1) is 13.8 Å². The highest BCUT2D eigenvalue weighted by molar-refractivity contribution is 7.33. The molecular formula is C58H69BN2S. The lowest BCUT2D eigenvalue weighted by Crippen LogP contribution is -2.61. The molecule has 3 heterocycles. The normalized spacial score (nSPS) is 19.1. The highest BCUT2D eigenvalue weighted by Crippen LogP contribution is 2.56. The predicted molar refractivity (Wildman–Crippen MR) is 273 cm³/mol. The third-order valence-electron chi connectivity index (χ3n) is 16.0. The Morgan fingerprint density at radius 1 is 0.532 bits per heavy atom. The number of hydrogen-bond donors (Lipinski definition) is 0. The Bertz CT molecular complexity index is 2870. The molecule has 5 aromatic carbocycles. The van der Waals surface area contributed by atoms with Crippen LogP contribution in [0.3, 0.4) is 0 Å². The zero-order chi connectivity index (χ0) is 44.4. The Balaban J connectivity index is 1.35. The van der Waals surface area contributed by atoms with Crippen LogP contribution in [0.5, 0.6) is 0 Å². The molecule has 0 saturated heterocycles. The highest BCUT2D eigenvalue weighted by atomic mass is 32.1. The molecule has 0 bridgehead atoms. The third kappa shape index (κ3) is 6.08. The van der Waals surface area contributed by atoms with Gasteiger partial charge in [0.2, 0.25) is 0 Å². The van der Waals surface area contributed by atoms with E-state index in [9.17, 15) is 0 Å². The van der Waals surface area contributed by atoms with E-state index in [1.807, 2.05) is 11.3 Å². The van der Waals surface area contributed by atoms with Gasteiger partial charge in [0, 0.05) is 43.3 Å². The summed E-state index contributed by atoms with van der Waals surface area (Å²) in [5, 5.41) is 1.37. The van der Waals surface area contributed by atoms with E-state index in [0.717, 1.165) is 0 Å². The van der Waals surface area contributed by atoms with Gasteiger partial charge in [0.15, 0.2) is 0 Å². The van der Waals surface area contributed by atoms with Crippen molar-refractivity contribution in [3.8, 4) is 0 Å². The van der Waals surface area contributed by atoms with Crippen LogP contribution in [-0.4, -0.2) is 6.71 Å². The van der Waals surface area contributed by atoms with Gasteiger partial charge in [0.1, 0.15) is 0 Å². The molecular weight excluding hydrogens is 768 g/mol. The van der Waals surface area contributed by atoms with Gasteiger partial charge in [0.25, 0.3) is 6.71 Å². The standard InChI is InChI=1S/C58H69BN2S/c1-34-29-45-49-46(30-34)61(44-23-17-36(31-35(44)2)53(3,4)5)50-39-32-37(54(6,7)8)18-24-47(39)62-52(50)59(49)43-22-21-41-48(58(15,16)28-27-56(41,11)12)51(43)60(45)38-19-20-40-42(33-38)57(13,14)26-25-55(40,9)10/h17-24,29-33H,25-28H2,1-16H3. The lowest BCUT2D eigenvalue weighted by molar-refractivity contribution is 0.331. The maximum atomic E-state index is 2.77. The second-order valence-electron chi connectivity index (χ2n) is 24.5. The van der Waals surface area contributed by atoms with E-state index < -0.39 is 0 Å². The lowest BCUT2D eigenvalue weighted by Gasteiger charge is -2.49. The Morgan fingerprint density at radius 3 is 1.74 bits per heavy atom. The van der Waals surface area contributed by atoms with E-state index in [1.165, 1.54) is 125 Å². The molecule has 0 amide bonds. The first-order valence-corrected chi connectivity index (χ1v) is 24.4. The SMILES string of the molecule is Cc1cc2c3c(c1)N(c1ccc(C(C)(C)C)cc1C)c1c(sc4ccc(C(C)(C)C)cc14)B3c1ccc3c(c1N2c1ccc2c(c1)C(C)(C)CCC2(C)C)C(C)(C)CCC3(C)C. The van der Waals surface area contributed by atoms with Gasteiger partial charge in [-0.25, -0.2) is 0 Å². The second-order valence-corrected chi connectivity index (χ2v) is 25.6. The van der Waals surface area contributed by atoms with Crippen LogP contribution in [0.1, 0.15) is 167 Å². The van der Waals surface area contributed by atoms with Gasteiger partial charge in [-0.15, -0.1) is 11.3 Å². The maximum absolute atomic E-state index is 2.77. The van der Waals surface area contributed by atoms with Crippen LogP contribution in [0.4, 0.5) is 34.1 Å². The number of nitrogens with zero attached hydrogens (tertiary/aromatic N) is 2. The summed E-state index contributed by atoms with van der Waals surface area (Å²) >= 11 is 2.03. The minimum atomic E-state index is 0.00525. The van der Waals surface area contributed by atoms with E-state index >= 15 is 0 Å². The van der Waals surface area contributed by atoms with E-state index in [-0.39, 0.29) is 39.2 Å². The molecule has 320 valence electrons. The van der Waals surface area contributed by atoms with Crippen molar-refractivity contribution in [2.45, 2.75) is 169 Å². The molecule has 4 heteroatoms. The molecule has 6 aromatic rings. The number of thiophene rings is 1. The number of aryl methyl sites for hydroxylation is 2. The van der Waals surface area contributed by atoms with Crippen molar-refractivity contribution in [2.75, 3.05) is 9.80 Å². The average molecular weight is 837 g/mol. The Labute approximate surface area is 378 Å². The minimum Gasteiger partial charge on any atom is -0.311 e. The van der Waals surface area contributed by atoms with Crippen molar-refractivity contribution >= 4 is 78.0 Å². The fourth-order valence-corrected chi connectivity index (χ4v) is 13.2. The lowest BCUT2D eigenvalue weighted by atomic mass is 9.35. The highest BCUT2D eigenvalue weighted by Gasteiger charge is 2.50. The van der Waals surface area contributed by atoms with Crippen LogP contribution < -0.4 is 25.5 Å². The summed E-state index contributed by atoms with van der Waals surface area (Å²) in [4.78, 5) is 5.46. The minimum absolute atomic E-state index is 0.00525. The summed E-state index contributed by atoms with van der Waals surface area (Å²) in [6.07, 6.45) is 4.76.